The first-order valence-electron chi connectivity index (χ1n) is 10.2. The van der Waals surface area contributed by atoms with Crippen molar-refractivity contribution >= 4 is 11.6 Å². The van der Waals surface area contributed by atoms with Gasteiger partial charge in [0.05, 0.1) is 0 Å². The van der Waals surface area contributed by atoms with E-state index in [-0.39, 0.29) is 16.6 Å². The van der Waals surface area contributed by atoms with Crippen LogP contribution in [0.15, 0.2) is 11.6 Å². The zero-order valence-corrected chi connectivity index (χ0v) is 16.3. The molecule has 0 aromatic carbocycles. The lowest BCUT2D eigenvalue weighted by molar-refractivity contribution is -0.182. The molecule has 0 heterocycles. The van der Waals surface area contributed by atoms with Crippen molar-refractivity contribution in [1.29, 1.82) is 0 Å². The number of ketones is 2. The van der Waals surface area contributed by atoms with Crippen molar-refractivity contribution in [2.24, 2.45) is 28.1 Å². The summed E-state index contributed by atoms with van der Waals surface area (Å²) in [4.78, 5) is 24.4. The fraction of sp³-hybridized carbons (Fsp3) is 0.818. The van der Waals surface area contributed by atoms with Gasteiger partial charge < -0.3 is 10.2 Å². The molecule has 0 bridgehead atoms. The first-order valence-corrected chi connectivity index (χ1v) is 10.2. The number of hydrogen-bond donors (Lipinski definition) is 2. The van der Waals surface area contributed by atoms with Crippen molar-refractivity contribution in [3.05, 3.63) is 11.6 Å². The molecule has 3 unspecified atom stereocenters. The highest BCUT2D eigenvalue weighted by atomic mass is 16.3. The molecule has 144 valence electrons. The number of carbonyl (C=O) groups is 2. The van der Waals surface area contributed by atoms with Gasteiger partial charge in [0.1, 0.15) is 12.2 Å². The zero-order valence-electron chi connectivity index (χ0n) is 16.3. The summed E-state index contributed by atoms with van der Waals surface area (Å²) in [5.41, 5.74) is -0.569. The fourth-order valence-electron chi connectivity index (χ4n) is 7.57. The minimum atomic E-state index is -1.40. The van der Waals surface area contributed by atoms with Crippen LogP contribution in [0.5, 0.6) is 0 Å². The smallest absolute Gasteiger partial charge is 0.190 e. The Balaban J connectivity index is 1.75. The third kappa shape index (κ3) is 1.98. The van der Waals surface area contributed by atoms with Gasteiger partial charge in [0.2, 0.25) is 0 Å². The summed E-state index contributed by atoms with van der Waals surface area (Å²) in [5.74, 6) is 0.831. The molecule has 0 aliphatic heterocycles. The molecule has 4 aliphatic rings. The summed E-state index contributed by atoms with van der Waals surface area (Å²) in [7, 11) is 0. The number of allylic oxidation sites excluding steroid dienone is 1. The average molecular weight is 360 g/mol. The van der Waals surface area contributed by atoms with Crippen molar-refractivity contribution in [2.75, 3.05) is 6.61 Å². The molecule has 4 rings (SSSR count). The number of aliphatic hydroxyl groups excluding tert-OH is 1. The summed E-state index contributed by atoms with van der Waals surface area (Å²) < 4.78 is 0. The van der Waals surface area contributed by atoms with Crippen LogP contribution in [0.2, 0.25) is 0 Å². The minimum Gasteiger partial charge on any atom is -0.388 e. The van der Waals surface area contributed by atoms with E-state index in [1.54, 1.807) is 0 Å². The second-order valence-electron chi connectivity index (χ2n) is 10.0. The number of rotatable bonds is 2. The van der Waals surface area contributed by atoms with Crippen LogP contribution in [0.1, 0.15) is 72.1 Å². The third-order valence-electron chi connectivity index (χ3n) is 9.55. The second kappa shape index (κ2) is 5.51. The summed E-state index contributed by atoms with van der Waals surface area (Å²) in [6, 6.07) is 0. The van der Waals surface area contributed by atoms with Gasteiger partial charge in [-0.05, 0) is 73.7 Å². The normalized spacial score (nSPS) is 50.5. The van der Waals surface area contributed by atoms with E-state index < -0.39 is 23.4 Å². The van der Waals surface area contributed by atoms with Crippen molar-refractivity contribution in [3.63, 3.8) is 0 Å². The topological polar surface area (TPSA) is 74.6 Å². The van der Waals surface area contributed by atoms with E-state index in [1.807, 2.05) is 6.08 Å². The SMILES string of the molecule is CC12CC[C@@](O)(C(=O)CO)[C@@]1(C)CCC1C2CCC2=CC(=O)CC[C@@]21C. The van der Waals surface area contributed by atoms with Gasteiger partial charge >= 0.3 is 0 Å². The molecule has 6 atom stereocenters. The Morgan fingerprint density at radius 1 is 1.08 bits per heavy atom. The predicted molar refractivity (Wildman–Crippen MR) is 98.4 cm³/mol. The van der Waals surface area contributed by atoms with Gasteiger partial charge in [0.25, 0.3) is 0 Å². The lowest BCUT2D eigenvalue weighted by Crippen LogP contribution is -2.62. The van der Waals surface area contributed by atoms with Crippen LogP contribution in [0.25, 0.3) is 0 Å². The molecule has 4 heteroatoms. The van der Waals surface area contributed by atoms with E-state index >= 15 is 0 Å². The van der Waals surface area contributed by atoms with Crippen LogP contribution < -0.4 is 0 Å². The first-order chi connectivity index (χ1) is 12.1. The Labute approximate surface area is 156 Å². The quantitative estimate of drug-likeness (QED) is 0.793. The molecule has 3 fully saturated rings. The maximum Gasteiger partial charge on any atom is 0.190 e. The molecule has 2 N–H and O–H groups in total. The Morgan fingerprint density at radius 2 is 1.81 bits per heavy atom. The molecule has 0 amide bonds. The molecule has 26 heavy (non-hydrogen) atoms. The van der Waals surface area contributed by atoms with Gasteiger partial charge in [-0.3, -0.25) is 9.59 Å². The Morgan fingerprint density at radius 3 is 2.50 bits per heavy atom. The van der Waals surface area contributed by atoms with E-state index in [0.717, 1.165) is 38.5 Å². The van der Waals surface area contributed by atoms with E-state index in [1.165, 1.54) is 5.57 Å². The van der Waals surface area contributed by atoms with Gasteiger partial charge in [-0.1, -0.05) is 26.3 Å². The maximum atomic E-state index is 12.5. The summed E-state index contributed by atoms with van der Waals surface area (Å²) in [6.45, 7) is 6.12. The number of hydrogen-bond acceptors (Lipinski definition) is 4. The third-order valence-corrected chi connectivity index (χ3v) is 9.55. The van der Waals surface area contributed by atoms with Crippen LogP contribution in [0, 0.1) is 28.1 Å². The molecule has 4 nitrogen and oxygen atoms in total. The molecular weight excluding hydrogens is 328 g/mol. The zero-order chi connectivity index (χ0) is 19.0. The number of Topliss-reactive ketones (excluding diaryl/α,β-unsaturated/α-hetero) is 1. The monoisotopic (exact) mass is 360 g/mol. The van der Waals surface area contributed by atoms with E-state index in [2.05, 4.69) is 20.8 Å². The average Bonchev–Trinajstić information content (AvgIpc) is 2.84. The van der Waals surface area contributed by atoms with Gasteiger partial charge in [-0.25, -0.2) is 0 Å². The van der Waals surface area contributed by atoms with Crippen LogP contribution >= 0.6 is 0 Å². The molecule has 0 spiro atoms. The van der Waals surface area contributed by atoms with Crippen LogP contribution in [0.3, 0.4) is 0 Å². The molecule has 0 aromatic rings. The van der Waals surface area contributed by atoms with E-state index in [9.17, 15) is 19.8 Å². The van der Waals surface area contributed by atoms with E-state index in [4.69, 9.17) is 0 Å². The highest BCUT2D eigenvalue weighted by Crippen LogP contribution is 2.73. The first kappa shape index (κ1) is 18.4. The highest BCUT2D eigenvalue weighted by Gasteiger charge is 2.71. The molecule has 3 saturated carbocycles. The van der Waals surface area contributed by atoms with Crippen LogP contribution in [-0.2, 0) is 9.59 Å². The van der Waals surface area contributed by atoms with Gasteiger partial charge in [-0.2, -0.15) is 0 Å². The fourth-order valence-corrected chi connectivity index (χ4v) is 7.57. The van der Waals surface area contributed by atoms with Gasteiger partial charge in [0, 0.05) is 11.8 Å². The van der Waals surface area contributed by atoms with Crippen LogP contribution in [-0.4, -0.2) is 34.0 Å². The van der Waals surface area contributed by atoms with Gasteiger partial charge in [-0.15, -0.1) is 0 Å². The molecular formula is C22H32O4. The van der Waals surface area contributed by atoms with Gasteiger partial charge in [0.15, 0.2) is 11.6 Å². The Bertz CT molecular complexity index is 696. The summed E-state index contributed by atoms with van der Waals surface area (Å²) >= 11 is 0. The number of fused-ring (bicyclic) bond motifs is 5. The van der Waals surface area contributed by atoms with Crippen LogP contribution in [0.4, 0.5) is 0 Å². The molecule has 4 aliphatic carbocycles. The summed E-state index contributed by atoms with van der Waals surface area (Å²) in [5, 5.41) is 20.8. The largest absolute Gasteiger partial charge is 0.388 e. The second-order valence-corrected chi connectivity index (χ2v) is 10.0. The van der Waals surface area contributed by atoms with Crippen molar-refractivity contribution in [3.8, 4) is 0 Å². The highest BCUT2D eigenvalue weighted by molar-refractivity contribution is 5.91. The lowest BCUT2D eigenvalue weighted by Gasteiger charge is -2.63. The van der Waals surface area contributed by atoms with E-state index in [0.29, 0.717) is 24.7 Å². The van der Waals surface area contributed by atoms with Crippen molar-refractivity contribution < 1.29 is 19.8 Å². The molecule has 0 radical (unpaired) electrons. The predicted octanol–water partition coefficient (Wildman–Crippen LogP) is 3.20. The minimum absolute atomic E-state index is 0.0862. The Hall–Kier alpha value is -1.00. The molecule has 0 saturated heterocycles. The number of aliphatic hydroxyl groups is 2. The number of carbonyl (C=O) groups excluding carboxylic acids is 2. The van der Waals surface area contributed by atoms with Crippen molar-refractivity contribution in [1.82, 2.24) is 0 Å². The summed E-state index contributed by atoms with van der Waals surface area (Å²) in [6.07, 6.45) is 8.58. The maximum absolute atomic E-state index is 12.5. The molecule has 0 aromatic heterocycles. The lowest BCUT2D eigenvalue weighted by atomic mass is 9.41. The Kier molecular flexibility index (Phi) is 3.89. The van der Waals surface area contributed by atoms with Crippen molar-refractivity contribution in [2.45, 2.75) is 77.7 Å². The standard InChI is InChI=1S/C22H32O4/c1-19-8-6-15(24)12-14(19)4-5-17-16(19)7-9-21(3)20(17,2)10-11-22(21,26)18(25)13-23/h12,16-17,23,26H,4-11,13H2,1-3H3/t16?,17?,19-,20?,21-,22+/m0/s1.